The topological polar surface area (TPSA) is 17.8 Å². The van der Waals surface area contributed by atoms with Crippen LogP contribution in [0.25, 0.3) is 11.0 Å². The van der Waals surface area contributed by atoms with Crippen molar-refractivity contribution in [2.75, 3.05) is 0 Å². The molecule has 0 saturated heterocycles. The van der Waals surface area contributed by atoms with E-state index in [1.165, 1.54) is 0 Å². The van der Waals surface area contributed by atoms with Crippen molar-refractivity contribution in [3.63, 3.8) is 0 Å². The quantitative estimate of drug-likeness (QED) is 0.615. The third kappa shape index (κ3) is 3.17. The molecule has 0 radical (unpaired) electrons. The van der Waals surface area contributed by atoms with Crippen LogP contribution >= 0.6 is 23.5 Å². The van der Waals surface area contributed by atoms with E-state index < -0.39 is 0 Å². The molecule has 0 N–H and O–H groups in total. The van der Waals surface area contributed by atoms with Gasteiger partial charge in [-0.05, 0) is 48.7 Å². The van der Waals surface area contributed by atoms with Crippen LogP contribution in [-0.4, -0.2) is 8.96 Å². The van der Waals surface area contributed by atoms with E-state index in [2.05, 4.69) is 23.2 Å². The van der Waals surface area contributed by atoms with Crippen molar-refractivity contribution in [2.24, 2.45) is 0 Å². The molecular formula is C16H17ClN2S. The fourth-order valence-corrected chi connectivity index (χ4v) is 2.99. The van der Waals surface area contributed by atoms with Crippen molar-refractivity contribution in [2.45, 2.75) is 25.7 Å². The summed E-state index contributed by atoms with van der Waals surface area (Å²) in [5.41, 5.74) is 2.04. The number of aryl methyl sites for hydroxylation is 1. The number of halogens is 1. The minimum atomic E-state index is 0.692. The monoisotopic (exact) mass is 304 g/mol. The highest BCUT2D eigenvalue weighted by atomic mass is 35.5. The molecule has 2 aromatic heterocycles. The van der Waals surface area contributed by atoms with Gasteiger partial charge in [0.2, 0.25) is 0 Å². The number of pyridine rings is 1. The number of hydrogen-bond acceptors (Lipinski definition) is 2. The van der Waals surface area contributed by atoms with Crippen molar-refractivity contribution in [3.8, 4) is 0 Å². The van der Waals surface area contributed by atoms with E-state index in [-0.39, 0.29) is 0 Å². The molecular weight excluding hydrogens is 288 g/mol. The van der Waals surface area contributed by atoms with Gasteiger partial charge in [-0.1, -0.05) is 43.6 Å². The Labute approximate surface area is 128 Å². The molecule has 4 heteroatoms. The SMILES string of the molecule is CC.Cc1cnc2c(c1)cc(Cl)n2Sc1ccccc1. The van der Waals surface area contributed by atoms with E-state index >= 15 is 0 Å². The van der Waals surface area contributed by atoms with Crippen molar-refractivity contribution in [1.82, 2.24) is 8.96 Å². The summed E-state index contributed by atoms with van der Waals surface area (Å²) in [5.74, 6) is 0. The molecule has 0 spiro atoms. The Kier molecular flexibility index (Phi) is 5.10. The van der Waals surface area contributed by atoms with Crippen LogP contribution in [0.4, 0.5) is 0 Å². The normalized spacial score (nSPS) is 10.2. The van der Waals surface area contributed by atoms with Crippen LogP contribution in [0.3, 0.4) is 0 Å². The number of fused-ring (bicyclic) bond motifs is 1. The Hall–Kier alpha value is -1.45. The smallest absolute Gasteiger partial charge is 0.151 e. The van der Waals surface area contributed by atoms with Gasteiger partial charge in [-0.2, -0.15) is 0 Å². The Balaban J connectivity index is 0.000000704. The molecule has 0 aliphatic heterocycles. The minimum absolute atomic E-state index is 0.692. The minimum Gasteiger partial charge on any atom is -0.252 e. The van der Waals surface area contributed by atoms with Crippen LogP contribution in [-0.2, 0) is 0 Å². The standard InChI is InChI=1S/C14H11ClN2S.C2H6/c1-10-7-11-8-13(15)17(14(11)16-9-10)18-12-5-3-2-4-6-12;1-2/h2-9H,1H3;1-2H3. The Bertz CT molecular complexity index is 692. The Morgan fingerprint density at radius 2 is 1.80 bits per heavy atom. The van der Waals surface area contributed by atoms with Gasteiger partial charge in [0.15, 0.2) is 5.65 Å². The predicted octanol–water partition coefficient (Wildman–Crippen LogP) is 5.58. The Morgan fingerprint density at radius 3 is 2.50 bits per heavy atom. The predicted molar refractivity (Wildman–Crippen MR) is 88.5 cm³/mol. The van der Waals surface area contributed by atoms with E-state index in [0.29, 0.717) is 5.15 Å². The number of hydrogen-bond donors (Lipinski definition) is 0. The summed E-state index contributed by atoms with van der Waals surface area (Å²) < 4.78 is 1.95. The second-order valence-electron chi connectivity index (χ2n) is 4.09. The molecule has 1 aromatic carbocycles. The van der Waals surface area contributed by atoms with Crippen LogP contribution in [0.5, 0.6) is 0 Å². The summed E-state index contributed by atoms with van der Waals surface area (Å²) in [6.45, 7) is 6.03. The first-order valence-corrected chi connectivity index (χ1v) is 7.76. The fraction of sp³-hybridized carbons (Fsp3) is 0.188. The van der Waals surface area contributed by atoms with Crippen LogP contribution in [0, 0.1) is 6.92 Å². The van der Waals surface area contributed by atoms with Gasteiger partial charge in [-0.3, -0.25) is 3.97 Å². The summed E-state index contributed by atoms with van der Waals surface area (Å²) in [6.07, 6.45) is 1.86. The van der Waals surface area contributed by atoms with E-state index in [1.807, 2.05) is 55.2 Å². The molecule has 3 aromatic rings. The highest BCUT2D eigenvalue weighted by Crippen LogP contribution is 2.31. The number of benzene rings is 1. The zero-order valence-corrected chi connectivity index (χ0v) is 13.4. The lowest BCUT2D eigenvalue weighted by atomic mass is 10.2. The van der Waals surface area contributed by atoms with Crippen LogP contribution < -0.4 is 0 Å². The molecule has 0 aliphatic carbocycles. The van der Waals surface area contributed by atoms with Crippen molar-refractivity contribution >= 4 is 34.6 Å². The average molecular weight is 305 g/mol. The van der Waals surface area contributed by atoms with E-state index in [4.69, 9.17) is 11.6 Å². The van der Waals surface area contributed by atoms with Crippen LogP contribution in [0.2, 0.25) is 5.15 Å². The summed E-state index contributed by atoms with van der Waals surface area (Å²) in [4.78, 5) is 5.59. The second-order valence-corrected chi connectivity index (χ2v) is 5.50. The van der Waals surface area contributed by atoms with E-state index in [1.54, 1.807) is 11.9 Å². The second kappa shape index (κ2) is 6.82. The maximum Gasteiger partial charge on any atom is 0.151 e. The molecule has 3 rings (SSSR count). The molecule has 0 fully saturated rings. The van der Waals surface area contributed by atoms with Crippen molar-refractivity contribution in [3.05, 3.63) is 59.4 Å². The van der Waals surface area contributed by atoms with Gasteiger partial charge in [-0.15, -0.1) is 0 Å². The lowest BCUT2D eigenvalue weighted by molar-refractivity contribution is 1.23. The molecule has 20 heavy (non-hydrogen) atoms. The van der Waals surface area contributed by atoms with E-state index in [0.717, 1.165) is 21.5 Å². The largest absolute Gasteiger partial charge is 0.252 e. The third-order valence-corrected chi connectivity index (χ3v) is 4.05. The lowest BCUT2D eigenvalue weighted by Crippen LogP contribution is -1.89. The van der Waals surface area contributed by atoms with Gasteiger partial charge in [0.25, 0.3) is 0 Å². The molecule has 104 valence electrons. The van der Waals surface area contributed by atoms with Gasteiger partial charge in [-0.25, -0.2) is 4.98 Å². The summed E-state index contributed by atoms with van der Waals surface area (Å²) in [5, 5.41) is 1.76. The van der Waals surface area contributed by atoms with E-state index in [9.17, 15) is 0 Å². The highest BCUT2D eigenvalue weighted by molar-refractivity contribution is 7.98. The number of nitrogens with zero attached hydrogens (tertiary/aromatic N) is 2. The maximum atomic E-state index is 6.27. The maximum absolute atomic E-state index is 6.27. The fourth-order valence-electron chi connectivity index (χ4n) is 1.82. The molecule has 0 bridgehead atoms. The van der Waals surface area contributed by atoms with Gasteiger partial charge in [0.05, 0.1) is 0 Å². The molecule has 0 atom stereocenters. The highest BCUT2D eigenvalue weighted by Gasteiger charge is 2.09. The van der Waals surface area contributed by atoms with Gasteiger partial charge < -0.3 is 0 Å². The first kappa shape index (κ1) is 14.9. The summed E-state index contributed by atoms with van der Waals surface area (Å²) in [7, 11) is 0. The molecule has 0 unspecified atom stereocenters. The number of aromatic nitrogens is 2. The van der Waals surface area contributed by atoms with Crippen LogP contribution in [0.1, 0.15) is 19.4 Å². The zero-order valence-electron chi connectivity index (χ0n) is 11.8. The first-order valence-electron chi connectivity index (χ1n) is 6.61. The third-order valence-electron chi connectivity index (χ3n) is 2.63. The van der Waals surface area contributed by atoms with Gasteiger partial charge >= 0.3 is 0 Å². The van der Waals surface area contributed by atoms with Gasteiger partial charge in [0, 0.05) is 16.5 Å². The lowest BCUT2D eigenvalue weighted by Gasteiger charge is -2.05. The number of rotatable bonds is 2. The van der Waals surface area contributed by atoms with Crippen LogP contribution in [0.15, 0.2) is 53.6 Å². The van der Waals surface area contributed by atoms with Crippen molar-refractivity contribution in [1.29, 1.82) is 0 Å². The molecule has 0 saturated carbocycles. The Morgan fingerprint density at radius 1 is 1.10 bits per heavy atom. The summed E-state index contributed by atoms with van der Waals surface area (Å²) in [6, 6.07) is 14.2. The van der Waals surface area contributed by atoms with Crippen molar-refractivity contribution < 1.29 is 0 Å². The zero-order chi connectivity index (χ0) is 14.5. The molecule has 2 nitrogen and oxygen atoms in total. The van der Waals surface area contributed by atoms with Gasteiger partial charge in [0.1, 0.15) is 5.15 Å². The summed E-state index contributed by atoms with van der Waals surface area (Å²) >= 11 is 7.85. The first-order chi connectivity index (χ1) is 9.74. The molecule has 2 heterocycles. The average Bonchev–Trinajstić information content (AvgIpc) is 2.77. The molecule has 0 aliphatic rings. The molecule has 0 amide bonds.